The van der Waals surface area contributed by atoms with Crippen molar-refractivity contribution in [1.82, 2.24) is 4.98 Å². The normalized spacial score (nSPS) is 19.8. The molecule has 162 valence electrons. The molecule has 0 fully saturated rings. The molecule has 32 heavy (non-hydrogen) atoms. The highest BCUT2D eigenvalue weighted by atomic mass is 16.5. The molecule has 0 N–H and O–H groups in total. The summed E-state index contributed by atoms with van der Waals surface area (Å²) in [4.78, 5) is 14.0. The van der Waals surface area contributed by atoms with Crippen LogP contribution in [0.3, 0.4) is 0 Å². The topological polar surface area (TPSA) is 41.0 Å². The van der Waals surface area contributed by atoms with Gasteiger partial charge in [-0.3, -0.25) is 4.99 Å². The zero-order valence-electron chi connectivity index (χ0n) is 18.9. The maximum Gasteiger partial charge on any atom is 0.179 e. The lowest BCUT2D eigenvalue weighted by molar-refractivity contribution is 0.331. The number of para-hydroxylation sites is 1. The average Bonchev–Trinajstić information content (AvgIpc) is 3.12. The number of benzene rings is 2. The second-order valence-electron chi connectivity index (χ2n) is 8.43. The van der Waals surface area contributed by atoms with Crippen molar-refractivity contribution in [2.75, 3.05) is 16.5 Å². The van der Waals surface area contributed by atoms with Crippen molar-refractivity contribution >= 4 is 34.2 Å². The lowest BCUT2D eigenvalue weighted by atomic mass is 9.97. The van der Waals surface area contributed by atoms with E-state index >= 15 is 0 Å². The Bertz CT molecular complexity index is 1200. The summed E-state index contributed by atoms with van der Waals surface area (Å²) in [6, 6.07) is 18.8. The summed E-state index contributed by atoms with van der Waals surface area (Å²) in [7, 11) is 0. The van der Waals surface area contributed by atoms with Gasteiger partial charge >= 0.3 is 0 Å². The first-order valence-electron chi connectivity index (χ1n) is 11.1. The molecule has 0 aliphatic carbocycles. The van der Waals surface area contributed by atoms with Crippen molar-refractivity contribution in [3.8, 4) is 5.75 Å². The first kappa shape index (κ1) is 20.3. The molecule has 2 aliphatic rings. The first-order chi connectivity index (χ1) is 15.6. The van der Waals surface area contributed by atoms with Gasteiger partial charge in [0.05, 0.1) is 11.4 Å². The molecule has 2 aromatic carbocycles. The van der Waals surface area contributed by atoms with Crippen LogP contribution in [-0.2, 0) is 0 Å². The zero-order valence-corrected chi connectivity index (χ0v) is 18.9. The number of hydrogen-bond donors (Lipinski definition) is 0. The van der Waals surface area contributed by atoms with E-state index < -0.39 is 0 Å². The zero-order chi connectivity index (χ0) is 22.2. The molecule has 5 rings (SSSR count). The van der Waals surface area contributed by atoms with E-state index in [1.54, 1.807) is 0 Å². The summed E-state index contributed by atoms with van der Waals surface area (Å²) in [6.45, 7) is 11.1. The second kappa shape index (κ2) is 8.15. The van der Waals surface area contributed by atoms with E-state index in [1.165, 1.54) is 0 Å². The van der Waals surface area contributed by atoms with Gasteiger partial charge in [0, 0.05) is 23.2 Å². The van der Waals surface area contributed by atoms with E-state index in [0.29, 0.717) is 6.73 Å². The van der Waals surface area contributed by atoms with Crippen molar-refractivity contribution in [2.45, 2.75) is 39.8 Å². The molecule has 0 spiro atoms. The number of pyridine rings is 1. The fourth-order valence-electron chi connectivity index (χ4n) is 4.64. The molecule has 0 radical (unpaired) electrons. The van der Waals surface area contributed by atoms with Crippen LogP contribution >= 0.6 is 0 Å². The number of allylic oxidation sites excluding steroid dienone is 1. The Morgan fingerprint density at radius 2 is 1.78 bits per heavy atom. The number of aliphatic imine (C=N–C) groups is 1. The molecule has 0 saturated heterocycles. The highest BCUT2D eigenvalue weighted by Gasteiger charge is 2.38. The van der Waals surface area contributed by atoms with Crippen molar-refractivity contribution in [1.29, 1.82) is 0 Å². The van der Waals surface area contributed by atoms with Crippen LogP contribution in [0.5, 0.6) is 5.75 Å². The summed E-state index contributed by atoms with van der Waals surface area (Å²) in [5.41, 5.74) is 7.61. The fraction of sp³-hybridized carbons (Fsp3) is 0.259. The van der Waals surface area contributed by atoms with Gasteiger partial charge in [-0.2, -0.15) is 0 Å². The Balaban J connectivity index is 1.69. The van der Waals surface area contributed by atoms with Gasteiger partial charge in [-0.05, 0) is 69.0 Å². The van der Waals surface area contributed by atoms with Crippen molar-refractivity contribution in [2.24, 2.45) is 4.99 Å². The molecule has 0 amide bonds. The molecule has 5 nitrogen and oxygen atoms in total. The lowest BCUT2D eigenvalue weighted by Gasteiger charge is -2.32. The van der Waals surface area contributed by atoms with E-state index in [-0.39, 0.29) is 6.17 Å². The van der Waals surface area contributed by atoms with E-state index in [1.807, 2.05) is 18.3 Å². The number of fused-ring (bicyclic) bond motifs is 2. The van der Waals surface area contributed by atoms with E-state index in [9.17, 15) is 0 Å². The SMILES string of the molecule is C=C1CC/C(C)=N\COc2c1ccc(C)c2N1c2cccnc2N(c2ccccc2)[C@@H]1C. The number of aromatic nitrogens is 1. The predicted molar refractivity (Wildman–Crippen MR) is 132 cm³/mol. The summed E-state index contributed by atoms with van der Waals surface area (Å²) >= 11 is 0. The molecule has 3 heterocycles. The Morgan fingerprint density at radius 3 is 2.59 bits per heavy atom. The van der Waals surface area contributed by atoms with Crippen LogP contribution < -0.4 is 14.5 Å². The van der Waals surface area contributed by atoms with Crippen molar-refractivity contribution in [3.63, 3.8) is 0 Å². The lowest BCUT2D eigenvalue weighted by Crippen LogP contribution is -2.36. The Kier molecular flexibility index (Phi) is 5.17. The van der Waals surface area contributed by atoms with Crippen LogP contribution in [0.2, 0.25) is 0 Å². The van der Waals surface area contributed by atoms with Crippen molar-refractivity contribution in [3.05, 3.63) is 78.5 Å². The average molecular weight is 425 g/mol. The van der Waals surface area contributed by atoms with Crippen LogP contribution in [0.25, 0.3) is 5.57 Å². The number of anilines is 4. The van der Waals surface area contributed by atoms with Gasteiger partial charge in [-0.25, -0.2) is 4.98 Å². The summed E-state index contributed by atoms with van der Waals surface area (Å²) < 4.78 is 6.35. The molecule has 1 aromatic heterocycles. The third-order valence-corrected chi connectivity index (χ3v) is 6.32. The van der Waals surface area contributed by atoms with E-state index in [4.69, 9.17) is 9.72 Å². The largest absolute Gasteiger partial charge is 0.469 e. The Labute approximate surface area is 189 Å². The van der Waals surface area contributed by atoms with Gasteiger partial charge in [-0.15, -0.1) is 0 Å². The van der Waals surface area contributed by atoms with E-state index in [2.05, 4.69) is 84.6 Å². The van der Waals surface area contributed by atoms with Crippen LogP contribution in [-0.4, -0.2) is 23.6 Å². The molecular weight excluding hydrogens is 396 g/mol. The minimum atomic E-state index is 0.0160. The molecule has 0 saturated carbocycles. The predicted octanol–water partition coefficient (Wildman–Crippen LogP) is 6.63. The maximum atomic E-state index is 6.35. The Morgan fingerprint density at radius 1 is 0.969 bits per heavy atom. The molecule has 5 heteroatoms. The highest BCUT2D eigenvalue weighted by molar-refractivity contribution is 5.91. The van der Waals surface area contributed by atoms with Crippen LogP contribution in [0.4, 0.5) is 22.9 Å². The number of rotatable bonds is 2. The van der Waals surface area contributed by atoms with Crippen LogP contribution in [0.15, 0.2) is 72.4 Å². The van der Waals surface area contributed by atoms with Gasteiger partial charge in [0.1, 0.15) is 6.17 Å². The monoisotopic (exact) mass is 424 g/mol. The van der Waals surface area contributed by atoms with Crippen LogP contribution in [0, 0.1) is 6.92 Å². The number of nitrogens with zero attached hydrogens (tertiary/aromatic N) is 4. The molecule has 2 aliphatic heterocycles. The van der Waals surface area contributed by atoms with Crippen molar-refractivity contribution < 1.29 is 4.74 Å². The Hall–Kier alpha value is -3.60. The second-order valence-corrected chi connectivity index (χ2v) is 8.43. The number of ether oxygens (including phenoxy) is 1. The fourth-order valence-corrected chi connectivity index (χ4v) is 4.64. The van der Waals surface area contributed by atoms with Gasteiger partial charge < -0.3 is 14.5 Å². The summed E-state index contributed by atoms with van der Waals surface area (Å²) in [5.74, 6) is 1.80. The maximum absolute atomic E-state index is 6.35. The summed E-state index contributed by atoms with van der Waals surface area (Å²) in [6.07, 6.45) is 3.65. The molecule has 0 unspecified atom stereocenters. The minimum absolute atomic E-state index is 0.0160. The van der Waals surface area contributed by atoms with Gasteiger partial charge in [0.25, 0.3) is 0 Å². The quantitative estimate of drug-likeness (QED) is 0.463. The minimum Gasteiger partial charge on any atom is -0.469 e. The smallest absolute Gasteiger partial charge is 0.179 e. The first-order valence-corrected chi connectivity index (χ1v) is 11.1. The standard InChI is InChI=1S/C27H28N4O/c1-18-12-14-20(3)29-17-32-26-23(18)15-13-19(2)25(26)31-21(4)30(22-9-6-5-7-10-22)27-24(31)11-8-16-28-27/h5-11,13,15-16,21H,1,12,14,17H2,2-4H3/b29-20-/t21-/m0/s1. The third kappa shape index (κ3) is 3.34. The highest BCUT2D eigenvalue weighted by Crippen LogP contribution is 2.51. The third-order valence-electron chi connectivity index (χ3n) is 6.32. The molecule has 1 atom stereocenters. The number of aryl methyl sites for hydroxylation is 1. The summed E-state index contributed by atoms with van der Waals surface area (Å²) in [5, 5.41) is 0. The van der Waals surface area contributed by atoms with E-state index in [0.717, 1.165) is 63.9 Å². The molecule has 0 bridgehead atoms. The molecular formula is C27H28N4O. The van der Waals surface area contributed by atoms with Gasteiger partial charge in [0.15, 0.2) is 18.3 Å². The van der Waals surface area contributed by atoms with Gasteiger partial charge in [-0.1, -0.05) is 36.9 Å². The molecule has 3 aromatic rings. The van der Waals surface area contributed by atoms with Gasteiger partial charge in [0.2, 0.25) is 0 Å². The number of hydrogen-bond acceptors (Lipinski definition) is 5. The van der Waals surface area contributed by atoms with Crippen LogP contribution in [0.1, 0.15) is 37.8 Å².